The number of aromatic nitrogens is 3. The predicted octanol–water partition coefficient (Wildman–Crippen LogP) is 3.25. The lowest BCUT2D eigenvalue weighted by Crippen LogP contribution is -2.29. The third-order valence-corrected chi connectivity index (χ3v) is 3.81. The molecule has 0 aliphatic carbocycles. The summed E-state index contributed by atoms with van der Waals surface area (Å²) in [4.78, 5) is 16.2. The fraction of sp³-hybridized carbons (Fsp3) is 0.111. The van der Waals surface area contributed by atoms with Gasteiger partial charge >= 0.3 is 0 Å². The molecule has 1 amide bonds. The van der Waals surface area contributed by atoms with Crippen molar-refractivity contribution in [1.82, 2.24) is 20.5 Å². The molecule has 0 saturated heterocycles. The lowest BCUT2D eigenvalue weighted by atomic mass is 10.2. The van der Waals surface area contributed by atoms with Gasteiger partial charge in [-0.3, -0.25) is 4.79 Å². The molecule has 0 fully saturated rings. The van der Waals surface area contributed by atoms with Crippen molar-refractivity contribution in [3.63, 3.8) is 0 Å². The van der Waals surface area contributed by atoms with Gasteiger partial charge in [0, 0.05) is 19.3 Å². The maximum atomic E-state index is 13.7. The van der Waals surface area contributed by atoms with Gasteiger partial charge in [0.25, 0.3) is 5.91 Å². The smallest absolute Gasteiger partial charge is 0.255 e. The van der Waals surface area contributed by atoms with Crippen molar-refractivity contribution in [3.8, 4) is 0 Å². The summed E-state index contributed by atoms with van der Waals surface area (Å²) in [6.07, 6.45) is 1.68. The fourth-order valence-electron chi connectivity index (χ4n) is 2.23. The molecule has 27 heavy (non-hydrogen) atoms. The van der Waals surface area contributed by atoms with Crippen LogP contribution in [0.25, 0.3) is 0 Å². The highest BCUT2D eigenvalue weighted by Gasteiger charge is 2.14. The Hall–Kier alpha value is -3.26. The molecule has 138 valence electrons. The van der Waals surface area contributed by atoms with Gasteiger partial charge in [0.15, 0.2) is 5.82 Å². The van der Waals surface area contributed by atoms with Crippen LogP contribution in [0.3, 0.4) is 0 Å². The van der Waals surface area contributed by atoms with E-state index >= 15 is 0 Å². The molecule has 2 aromatic heterocycles. The Kier molecular flexibility index (Phi) is 6.11. The molecular formula is C18H16ClFN6O. The Morgan fingerprint density at radius 3 is 2.48 bits per heavy atom. The van der Waals surface area contributed by atoms with Gasteiger partial charge in [-0.25, -0.2) is 9.37 Å². The summed E-state index contributed by atoms with van der Waals surface area (Å²) < 4.78 is 13.7. The molecule has 3 N–H and O–H groups in total. The van der Waals surface area contributed by atoms with E-state index in [-0.39, 0.29) is 17.1 Å². The van der Waals surface area contributed by atoms with Crippen molar-refractivity contribution in [2.75, 3.05) is 23.7 Å². The second-order valence-corrected chi connectivity index (χ2v) is 5.83. The van der Waals surface area contributed by atoms with E-state index in [2.05, 4.69) is 31.1 Å². The van der Waals surface area contributed by atoms with Crippen molar-refractivity contribution < 1.29 is 9.18 Å². The van der Waals surface area contributed by atoms with Crippen molar-refractivity contribution in [3.05, 3.63) is 71.1 Å². The van der Waals surface area contributed by atoms with Gasteiger partial charge in [-0.2, -0.15) is 0 Å². The Bertz CT molecular complexity index is 887. The van der Waals surface area contributed by atoms with Crippen LogP contribution in [0.1, 0.15) is 10.4 Å². The highest BCUT2D eigenvalue weighted by Crippen LogP contribution is 2.18. The quantitative estimate of drug-likeness (QED) is 0.540. The van der Waals surface area contributed by atoms with Crippen LogP contribution in [0.15, 0.2) is 54.7 Å². The number of hydrogen-bond donors (Lipinski definition) is 3. The Labute approximate surface area is 160 Å². The second kappa shape index (κ2) is 8.91. The summed E-state index contributed by atoms with van der Waals surface area (Å²) in [5.41, 5.74) is -0.163. The molecule has 3 rings (SSSR count). The number of anilines is 3. The van der Waals surface area contributed by atoms with Crippen molar-refractivity contribution in [2.45, 2.75) is 0 Å². The van der Waals surface area contributed by atoms with Crippen LogP contribution in [-0.2, 0) is 0 Å². The van der Waals surface area contributed by atoms with E-state index in [4.69, 9.17) is 11.6 Å². The number of hydrogen-bond acceptors (Lipinski definition) is 6. The van der Waals surface area contributed by atoms with E-state index in [1.807, 2.05) is 18.2 Å². The molecule has 0 aliphatic rings. The number of halogens is 2. The van der Waals surface area contributed by atoms with Crippen LogP contribution in [0.2, 0.25) is 5.02 Å². The largest absolute Gasteiger partial charge is 0.367 e. The van der Waals surface area contributed by atoms with Gasteiger partial charge in [-0.05, 0) is 36.4 Å². The molecule has 0 aliphatic heterocycles. The van der Waals surface area contributed by atoms with Gasteiger partial charge in [-0.1, -0.05) is 23.7 Å². The first kappa shape index (κ1) is 18.5. The number of nitrogens with zero attached hydrogens (tertiary/aromatic N) is 3. The predicted molar refractivity (Wildman–Crippen MR) is 102 cm³/mol. The third-order valence-electron chi connectivity index (χ3n) is 3.49. The van der Waals surface area contributed by atoms with Crippen LogP contribution in [0.5, 0.6) is 0 Å². The number of benzene rings is 1. The topological polar surface area (TPSA) is 91.8 Å². The molecule has 0 bridgehead atoms. The highest BCUT2D eigenvalue weighted by molar-refractivity contribution is 6.33. The highest BCUT2D eigenvalue weighted by atomic mass is 35.5. The standard InChI is InChI=1S/C18H16ClFN6O/c19-12-4-3-5-13(20)17(12)18(27)23-11-10-22-15-7-8-16(26-25-15)24-14-6-1-2-9-21-14/h1-9H,10-11H2,(H,22,25)(H,23,27)(H,21,24,26). The molecule has 0 saturated carbocycles. The summed E-state index contributed by atoms with van der Waals surface area (Å²) in [6, 6.07) is 13.1. The van der Waals surface area contributed by atoms with E-state index in [0.717, 1.165) is 0 Å². The first-order chi connectivity index (χ1) is 13.1. The van der Waals surface area contributed by atoms with Gasteiger partial charge in [0.05, 0.1) is 10.6 Å². The molecule has 1 aromatic carbocycles. The number of pyridine rings is 1. The van der Waals surface area contributed by atoms with E-state index in [0.29, 0.717) is 24.0 Å². The summed E-state index contributed by atoms with van der Waals surface area (Å²) in [7, 11) is 0. The van der Waals surface area contributed by atoms with Crippen LogP contribution in [0.4, 0.5) is 21.8 Å². The Morgan fingerprint density at radius 1 is 0.963 bits per heavy atom. The monoisotopic (exact) mass is 386 g/mol. The molecular weight excluding hydrogens is 371 g/mol. The molecule has 0 radical (unpaired) electrons. The minimum absolute atomic E-state index is 0.0716. The third kappa shape index (κ3) is 5.11. The summed E-state index contributed by atoms with van der Waals surface area (Å²) in [5.74, 6) is 0.541. The van der Waals surface area contributed by atoms with Crippen LogP contribution in [-0.4, -0.2) is 34.2 Å². The molecule has 9 heteroatoms. The molecule has 0 atom stereocenters. The number of carbonyl (C=O) groups is 1. The number of amides is 1. The number of nitrogens with one attached hydrogen (secondary N) is 3. The minimum Gasteiger partial charge on any atom is -0.367 e. The lowest BCUT2D eigenvalue weighted by molar-refractivity contribution is 0.0951. The summed E-state index contributed by atoms with van der Waals surface area (Å²) >= 11 is 5.86. The first-order valence-electron chi connectivity index (χ1n) is 8.11. The normalized spacial score (nSPS) is 10.3. The average molecular weight is 387 g/mol. The van der Waals surface area contributed by atoms with Crippen LogP contribution >= 0.6 is 11.6 Å². The SMILES string of the molecule is O=C(NCCNc1ccc(Nc2ccccn2)nn1)c1c(F)cccc1Cl. The van der Waals surface area contributed by atoms with Crippen LogP contribution < -0.4 is 16.0 Å². The lowest BCUT2D eigenvalue weighted by Gasteiger charge is -2.09. The molecule has 0 unspecified atom stereocenters. The zero-order valence-corrected chi connectivity index (χ0v) is 14.9. The Morgan fingerprint density at radius 2 is 1.78 bits per heavy atom. The van der Waals surface area contributed by atoms with Crippen molar-refractivity contribution >= 4 is 35.0 Å². The maximum absolute atomic E-state index is 13.7. The molecule has 3 aromatic rings. The van der Waals surface area contributed by atoms with Crippen LogP contribution in [0, 0.1) is 5.82 Å². The summed E-state index contributed by atoms with van der Waals surface area (Å²) in [5, 5.41) is 16.8. The van der Waals surface area contributed by atoms with Gasteiger partial charge in [0.2, 0.25) is 0 Å². The maximum Gasteiger partial charge on any atom is 0.255 e. The summed E-state index contributed by atoms with van der Waals surface area (Å²) in [6.45, 7) is 0.651. The van der Waals surface area contributed by atoms with Crippen molar-refractivity contribution in [1.29, 1.82) is 0 Å². The van der Waals surface area contributed by atoms with Gasteiger partial charge in [-0.15, -0.1) is 10.2 Å². The Balaban J connectivity index is 1.46. The second-order valence-electron chi connectivity index (χ2n) is 5.42. The van der Waals surface area contributed by atoms with E-state index in [1.54, 1.807) is 18.3 Å². The first-order valence-corrected chi connectivity index (χ1v) is 8.49. The number of carbonyl (C=O) groups excluding carboxylic acids is 1. The van der Waals surface area contributed by atoms with Gasteiger partial charge in [0.1, 0.15) is 17.5 Å². The van der Waals surface area contributed by atoms with Gasteiger partial charge < -0.3 is 16.0 Å². The average Bonchev–Trinajstić information content (AvgIpc) is 2.67. The fourth-order valence-corrected chi connectivity index (χ4v) is 2.48. The number of rotatable bonds is 7. The molecule has 0 spiro atoms. The zero-order chi connectivity index (χ0) is 19.1. The molecule has 7 nitrogen and oxygen atoms in total. The van der Waals surface area contributed by atoms with E-state index in [1.165, 1.54) is 18.2 Å². The zero-order valence-electron chi connectivity index (χ0n) is 14.1. The van der Waals surface area contributed by atoms with Crippen molar-refractivity contribution in [2.24, 2.45) is 0 Å². The van der Waals surface area contributed by atoms with E-state index in [9.17, 15) is 9.18 Å². The van der Waals surface area contributed by atoms with E-state index < -0.39 is 11.7 Å². The minimum atomic E-state index is -0.658. The molecule has 2 heterocycles.